The van der Waals surface area contributed by atoms with Gasteiger partial charge in [-0.3, -0.25) is 14.2 Å². The molecule has 0 fully saturated rings. The lowest BCUT2D eigenvalue weighted by molar-refractivity contribution is 0.102. The summed E-state index contributed by atoms with van der Waals surface area (Å²) < 4.78 is 19.8. The van der Waals surface area contributed by atoms with Crippen LogP contribution in [-0.4, -0.2) is 22.6 Å². The SMILES string of the molecule is COc1ccccc1NC(=O)c1c[nH]c(=O)n(Cc2ccccc2F)c1=O. The normalized spacial score (nSPS) is 10.4. The molecule has 0 saturated heterocycles. The van der Waals surface area contributed by atoms with Crippen LogP contribution in [-0.2, 0) is 6.54 Å². The summed E-state index contributed by atoms with van der Waals surface area (Å²) >= 11 is 0. The lowest BCUT2D eigenvalue weighted by Gasteiger charge is -2.11. The van der Waals surface area contributed by atoms with Crippen molar-refractivity contribution in [1.82, 2.24) is 9.55 Å². The summed E-state index contributed by atoms with van der Waals surface area (Å²) in [5.41, 5.74) is -1.31. The van der Waals surface area contributed by atoms with Crippen LogP contribution in [0, 0.1) is 5.82 Å². The molecule has 0 aliphatic rings. The molecule has 2 N–H and O–H groups in total. The average Bonchev–Trinajstić information content (AvgIpc) is 2.67. The van der Waals surface area contributed by atoms with Crippen molar-refractivity contribution in [2.24, 2.45) is 0 Å². The Hall–Kier alpha value is -3.68. The molecule has 0 bridgehead atoms. The number of aromatic nitrogens is 2. The molecule has 3 rings (SSSR count). The van der Waals surface area contributed by atoms with Crippen molar-refractivity contribution < 1.29 is 13.9 Å². The third-order valence-corrected chi connectivity index (χ3v) is 3.95. The first-order chi connectivity index (χ1) is 13.0. The molecule has 0 atom stereocenters. The zero-order valence-corrected chi connectivity index (χ0v) is 14.4. The predicted octanol–water partition coefficient (Wildman–Crippen LogP) is 1.98. The van der Waals surface area contributed by atoms with Crippen LogP contribution in [0.1, 0.15) is 15.9 Å². The molecule has 0 saturated carbocycles. The third-order valence-electron chi connectivity index (χ3n) is 3.95. The van der Waals surface area contributed by atoms with E-state index < -0.39 is 23.0 Å². The van der Waals surface area contributed by atoms with E-state index in [0.29, 0.717) is 11.4 Å². The number of para-hydroxylation sites is 2. The second-order valence-electron chi connectivity index (χ2n) is 5.64. The van der Waals surface area contributed by atoms with Gasteiger partial charge in [0.05, 0.1) is 19.3 Å². The van der Waals surface area contributed by atoms with E-state index in [1.807, 2.05) is 0 Å². The van der Waals surface area contributed by atoms with Crippen LogP contribution in [0.15, 0.2) is 64.3 Å². The van der Waals surface area contributed by atoms with Gasteiger partial charge < -0.3 is 15.0 Å². The summed E-state index contributed by atoms with van der Waals surface area (Å²) in [5.74, 6) is -0.849. The number of aromatic amines is 1. The average molecular weight is 369 g/mol. The Balaban J connectivity index is 1.95. The van der Waals surface area contributed by atoms with E-state index in [2.05, 4.69) is 10.3 Å². The van der Waals surface area contributed by atoms with Crippen molar-refractivity contribution in [2.45, 2.75) is 6.54 Å². The van der Waals surface area contributed by atoms with Gasteiger partial charge >= 0.3 is 5.69 Å². The maximum atomic E-state index is 13.8. The van der Waals surface area contributed by atoms with Crippen LogP contribution < -0.4 is 21.3 Å². The Labute approximate surface area is 153 Å². The quantitative estimate of drug-likeness (QED) is 0.719. The highest BCUT2D eigenvalue weighted by Gasteiger charge is 2.17. The number of hydrogen-bond donors (Lipinski definition) is 2. The molecule has 2 aromatic carbocycles. The first-order valence-electron chi connectivity index (χ1n) is 8.01. The highest BCUT2D eigenvalue weighted by Crippen LogP contribution is 2.23. The summed E-state index contributed by atoms with van der Waals surface area (Å²) in [5, 5.41) is 2.57. The van der Waals surface area contributed by atoms with Crippen LogP contribution in [0.3, 0.4) is 0 Å². The fourth-order valence-corrected chi connectivity index (χ4v) is 2.55. The summed E-state index contributed by atoms with van der Waals surface area (Å²) in [7, 11) is 1.45. The van der Waals surface area contributed by atoms with E-state index in [-0.39, 0.29) is 17.7 Å². The predicted molar refractivity (Wildman–Crippen MR) is 97.8 cm³/mol. The van der Waals surface area contributed by atoms with Gasteiger partial charge in [-0.15, -0.1) is 0 Å². The second kappa shape index (κ2) is 7.69. The summed E-state index contributed by atoms with van der Waals surface area (Å²) in [6.07, 6.45) is 1.03. The number of rotatable bonds is 5. The third kappa shape index (κ3) is 3.79. The number of ether oxygens (including phenoxy) is 1. The van der Waals surface area contributed by atoms with Crippen LogP contribution in [0.2, 0.25) is 0 Å². The van der Waals surface area contributed by atoms with Crippen LogP contribution >= 0.6 is 0 Å². The number of methoxy groups -OCH3 is 1. The maximum absolute atomic E-state index is 13.8. The Bertz CT molecular complexity index is 1100. The van der Waals surface area contributed by atoms with Crippen molar-refractivity contribution in [2.75, 3.05) is 12.4 Å². The molecule has 27 heavy (non-hydrogen) atoms. The number of H-pyrrole nitrogens is 1. The number of halogens is 1. The van der Waals surface area contributed by atoms with Crippen LogP contribution in [0.4, 0.5) is 10.1 Å². The van der Waals surface area contributed by atoms with Crippen molar-refractivity contribution in [3.05, 3.63) is 92.5 Å². The Morgan fingerprint density at radius 3 is 2.59 bits per heavy atom. The van der Waals surface area contributed by atoms with E-state index in [9.17, 15) is 18.8 Å². The van der Waals surface area contributed by atoms with Gasteiger partial charge in [-0.1, -0.05) is 30.3 Å². The first-order valence-corrected chi connectivity index (χ1v) is 8.01. The second-order valence-corrected chi connectivity index (χ2v) is 5.64. The molecule has 0 aliphatic carbocycles. The van der Waals surface area contributed by atoms with Gasteiger partial charge in [0.25, 0.3) is 11.5 Å². The highest BCUT2D eigenvalue weighted by atomic mass is 19.1. The molecular weight excluding hydrogens is 353 g/mol. The lowest BCUT2D eigenvalue weighted by Crippen LogP contribution is -2.39. The molecule has 8 heteroatoms. The van der Waals surface area contributed by atoms with Gasteiger partial charge in [0.2, 0.25) is 0 Å². The van der Waals surface area contributed by atoms with E-state index >= 15 is 0 Å². The van der Waals surface area contributed by atoms with Gasteiger partial charge in [0, 0.05) is 11.8 Å². The minimum absolute atomic E-state index is 0.160. The molecule has 1 amide bonds. The van der Waals surface area contributed by atoms with Crippen LogP contribution in [0.5, 0.6) is 5.75 Å². The van der Waals surface area contributed by atoms with E-state index in [4.69, 9.17) is 4.74 Å². The smallest absolute Gasteiger partial charge is 0.328 e. The lowest BCUT2D eigenvalue weighted by atomic mass is 10.2. The number of hydrogen-bond acceptors (Lipinski definition) is 4. The molecule has 0 radical (unpaired) electrons. The van der Waals surface area contributed by atoms with Crippen molar-refractivity contribution in [3.8, 4) is 5.75 Å². The number of carbonyl (C=O) groups excluding carboxylic acids is 1. The largest absolute Gasteiger partial charge is 0.495 e. The Morgan fingerprint density at radius 1 is 1.15 bits per heavy atom. The number of nitrogens with zero attached hydrogens (tertiary/aromatic N) is 1. The number of benzene rings is 2. The van der Waals surface area contributed by atoms with E-state index in [1.165, 1.54) is 25.3 Å². The molecular formula is C19H16FN3O4. The number of anilines is 1. The fraction of sp³-hybridized carbons (Fsp3) is 0.105. The summed E-state index contributed by atoms with van der Waals surface area (Å²) in [6.45, 7) is -0.295. The standard InChI is InChI=1S/C19H16FN3O4/c1-27-16-9-5-4-8-15(16)22-17(24)13-10-21-19(26)23(18(13)25)11-12-6-2-3-7-14(12)20/h2-10H,11H2,1H3,(H,21,26)(H,22,24). The number of nitrogens with one attached hydrogen (secondary N) is 2. The molecule has 3 aromatic rings. The monoisotopic (exact) mass is 369 g/mol. The minimum atomic E-state index is -0.825. The van der Waals surface area contributed by atoms with E-state index in [0.717, 1.165) is 10.8 Å². The fourth-order valence-electron chi connectivity index (χ4n) is 2.55. The molecule has 7 nitrogen and oxygen atoms in total. The molecule has 138 valence electrons. The molecule has 0 aliphatic heterocycles. The van der Waals surface area contributed by atoms with Gasteiger partial charge in [-0.2, -0.15) is 0 Å². The van der Waals surface area contributed by atoms with Gasteiger partial charge in [-0.25, -0.2) is 9.18 Å². The van der Waals surface area contributed by atoms with Gasteiger partial charge in [0.1, 0.15) is 17.1 Å². The first kappa shape index (κ1) is 18.1. The van der Waals surface area contributed by atoms with Gasteiger partial charge in [0.15, 0.2) is 0 Å². The van der Waals surface area contributed by atoms with Gasteiger partial charge in [-0.05, 0) is 18.2 Å². The number of carbonyl (C=O) groups is 1. The maximum Gasteiger partial charge on any atom is 0.328 e. The Morgan fingerprint density at radius 2 is 1.85 bits per heavy atom. The highest BCUT2D eigenvalue weighted by molar-refractivity contribution is 6.04. The van der Waals surface area contributed by atoms with Crippen molar-refractivity contribution in [1.29, 1.82) is 0 Å². The van der Waals surface area contributed by atoms with Crippen molar-refractivity contribution >= 4 is 11.6 Å². The molecule has 1 aromatic heterocycles. The molecule has 0 unspecified atom stereocenters. The summed E-state index contributed by atoms with van der Waals surface area (Å²) in [6, 6.07) is 12.5. The van der Waals surface area contributed by atoms with E-state index in [1.54, 1.807) is 30.3 Å². The zero-order chi connectivity index (χ0) is 19.4. The van der Waals surface area contributed by atoms with Crippen LogP contribution in [0.25, 0.3) is 0 Å². The molecule has 0 spiro atoms. The molecule has 1 heterocycles. The minimum Gasteiger partial charge on any atom is -0.495 e. The zero-order valence-electron chi connectivity index (χ0n) is 14.4. The Kier molecular flexibility index (Phi) is 5.16. The summed E-state index contributed by atoms with van der Waals surface area (Å²) in [4.78, 5) is 39.5. The number of amides is 1. The van der Waals surface area contributed by atoms with Crippen molar-refractivity contribution in [3.63, 3.8) is 0 Å². The topological polar surface area (TPSA) is 93.2 Å².